The normalized spacial score (nSPS) is 18.7. The molecule has 8 heteroatoms. The number of halogens is 4. The molecule has 1 aliphatic heterocycles. The molecule has 1 amide bonds. The quantitative estimate of drug-likeness (QED) is 0.785. The molecule has 0 saturated carbocycles. The van der Waals surface area contributed by atoms with Crippen LogP contribution in [0.3, 0.4) is 0 Å². The molecule has 0 spiro atoms. The van der Waals surface area contributed by atoms with Crippen LogP contribution in [-0.4, -0.2) is 39.9 Å². The highest BCUT2D eigenvalue weighted by Crippen LogP contribution is 2.33. The van der Waals surface area contributed by atoms with Crippen molar-refractivity contribution in [1.82, 2.24) is 14.7 Å². The van der Waals surface area contributed by atoms with Gasteiger partial charge in [0.25, 0.3) is 5.91 Å². The Morgan fingerprint density at radius 1 is 1.17 bits per heavy atom. The first-order valence-electron chi connectivity index (χ1n) is 7.52. The van der Waals surface area contributed by atoms with E-state index in [0.29, 0.717) is 12.1 Å². The Hall–Kier alpha value is -2.38. The van der Waals surface area contributed by atoms with Crippen LogP contribution in [0.25, 0.3) is 5.69 Å². The van der Waals surface area contributed by atoms with E-state index < -0.39 is 23.8 Å². The van der Waals surface area contributed by atoms with E-state index in [2.05, 4.69) is 5.10 Å². The van der Waals surface area contributed by atoms with Crippen LogP contribution in [0.15, 0.2) is 36.5 Å². The zero-order valence-electron chi connectivity index (χ0n) is 12.6. The SMILES string of the molecule is O=C(c1ccn(-c2ccc(F)cc2)n1)N1CCCC(C(F)(F)F)C1. The number of nitrogens with zero attached hydrogens (tertiary/aromatic N) is 3. The van der Waals surface area contributed by atoms with Gasteiger partial charge in [0.15, 0.2) is 5.69 Å². The van der Waals surface area contributed by atoms with Crippen molar-refractivity contribution < 1.29 is 22.4 Å². The Morgan fingerprint density at radius 3 is 2.54 bits per heavy atom. The lowest BCUT2D eigenvalue weighted by Crippen LogP contribution is -2.44. The number of piperidine rings is 1. The summed E-state index contributed by atoms with van der Waals surface area (Å²) < 4.78 is 52.9. The maximum Gasteiger partial charge on any atom is 0.393 e. The maximum atomic E-state index is 12.9. The van der Waals surface area contributed by atoms with Crippen molar-refractivity contribution in [3.05, 3.63) is 48.0 Å². The summed E-state index contributed by atoms with van der Waals surface area (Å²) in [7, 11) is 0. The van der Waals surface area contributed by atoms with Gasteiger partial charge in [-0.2, -0.15) is 18.3 Å². The van der Waals surface area contributed by atoms with E-state index in [1.165, 1.54) is 46.1 Å². The minimum atomic E-state index is -4.30. The van der Waals surface area contributed by atoms with Gasteiger partial charge >= 0.3 is 6.18 Å². The van der Waals surface area contributed by atoms with Gasteiger partial charge in [-0.05, 0) is 43.2 Å². The average molecular weight is 341 g/mol. The van der Waals surface area contributed by atoms with Crippen LogP contribution < -0.4 is 0 Å². The van der Waals surface area contributed by atoms with Crippen molar-refractivity contribution in [3.63, 3.8) is 0 Å². The van der Waals surface area contributed by atoms with Gasteiger partial charge in [0.2, 0.25) is 0 Å². The third-order valence-corrected chi connectivity index (χ3v) is 4.07. The minimum absolute atomic E-state index is 0.0390. The van der Waals surface area contributed by atoms with Crippen LogP contribution in [0.2, 0.25) is 0 Å². The van der Waals surface area contributed by atoms with Crippen LogP contribution in [0.4, 0.5) is 17.6 Å². The summed E-state index contributed by atoms with van der Waals surface area (Å²) in [5.74, 6) is -2.41. The molecule has 3 rings (SSSR count). The number of likely N-dealkylation sites (tertiary alicyclic amines) is 1. The molecule has 4 nitrogen and oxygen atoms in total. The van der Waals surface area contributed by atoms with Crippen molar-refractivity contribution in [2.45, 2.75) is 19.0 Å². The average Bonchev–Trinajstić information content (AvgIpc) is 3.04. The lowest BCUT2D eigenvalue weighted by molar-refractivity contribution is -0.184. The Kier molecular flexibility index (Phi) is 4.29. The highest BCUT2D eigenvalue weighted by atomic mass is 19.4. The smallest absolute Gasteiger partial charge is 0.337 e. The molecule has 2 aromatic rings. The Labute approximate surface area is 135 Å². The zero-order chi connectivity index (χ0) is 17.3. The number of rotatable bonds is 2. The largest absolute Gasteiger partial charge is 0.393 e. The van der Waals surface area contributed by atoms with E-state index in [1.54, 1.807) is 0 Å². The molecule has 1 unspecified atom stereocenters. The van der Waals surface area contributed by atoms with Gasteiger partial charge in [-0.1, -0.05) is 0 Å². The van der Waals surface area contributed by atoms with E-state index in [4.69, 9.17) is 0 Å². The third-order valence-electron chi connectivity index (χ3n) is 4.07. The second-order valence-corrected chi connectivity index (χ2v) is 5.75. The molecule has 1 atom stereocenters. The first-order valence-corrected chi connectivity index (χ1v) is 7.52. The first-order chi connectivity index (χ1) is 11.3. The zero-order valence-corrected chi connectivity index (χ0v) is 12.6. The molecule has 1 saturated heterocycles. The van der Waals surface area contributed by atoms with Crippen molar-refractivity contribution in [3.8, 4) is 5.69 Å². The molecular weight excluding hydrogens is 326 g/mol. The lowest BCUT2D eigenvalue weighted by atomic mass is 9.97. The summed E-state index contributed by atoms with van der Waals surface area (Å²) in [4.78, 5) is 13.6. The second kappa shape index (κ2) is 6.26. The predicted octanol–water partition coefficient (Wildman–Crippen LogP) is 3.43. The summed E-state index contributed by atoms with van der Waals surface area (Å²) >= 11 is 0. The second-order valence-electron chi connectivity index (χ2n) is 5.75. The van der Waals surface area contributed by atoms with Gasteiger partial charge in [0.05, 0.1) is 11.6 Å². The summed E-state index contributed by atoms with van der Waals surface area (Å²) in [5.41, 5.74) is 0.629. The summed E-state index contributed by atoms with van der Waals surface area (Å²) in [5, 5.41) is 4.09. The van der Waals surface area contributed by atoms with Crippen molar-refractivity contribution >= 4 is 5.91 Å². The molecule has 0 aliphatic carbocycles. The van der Waals surface area contributed by atoms with Crippen LogP contribution >= 0.6 is 0 Å². The third kappa shape index (κ3) is 3.42. The Bertz CT molecular complexity index is 724. The number of aromatic nitrogens is 2. The van der Waals surface area contributed by atoms with Crippen LogP contribution in [0, 0.1) is 11.7 Å². The number of alkyl halides is 3. The van der Waals surface area contributed by atoms with Crippen LogP contribution in [-0.2, 0) is 0 Å². The molecule has 1 fully saturated rings. The fraction of sp³-hybridized carbons (Fsp3) is 0.375. The number of benzene rings is 1. The van der Waals surface area contributed by atoms with Gasteiger partial charge in [-0.3, -0.25) is 4.79 Å². The molecule has 2 heterocycles. The molecule has 0 N–H and O–H groups in total. The Morgan fingerprint density at radius 2 is 1.88 bits per heavy atom. The van der Waals surface area contributed by atoms with Gasteiger partial charge in [0.1, 0.15) is 5.82 Å². The lowest BCUT2D eigenvalue weighted by Gasteiger charge is -2.33. The van der Waals surface area contributed by atoms with Gasteiger partial charge in [0, 0.05) is 19.3 Å². The highest BCUT2D eigenvalue weighted by molar-refractivity contribution is 5.92. The van der Waals surface area contributed by atoms with E-state index in [0.717, 1.165) is 0 Å². The van der Waals surface area contributed by atoms with E-state index in [9.17, 15) is 22.4 Å². The molecule has 1 aromatic carbocycles. The van der Waals surface area contributed by atoms with E-state index >= 15 is 0 Å². The fourth-order valence-electron chi connectivity index (χ4n) is 2.77. The minimum Gasteiger partial charge on any atom is -0.337 e. The van der Waals surface area contributed by atoms with E-state index in [-0.39, 0.29) is 25.2 Å². The molecule has 0 bridgehead atoms. The fourth-order valence-corrected chi connectivity index (χ4v) is 2.77. The summed E-state index contributed by atoms with van der Waals surface area (Å²) in [6.07, 6.45) is -2.43. The van der Waals surface area contributed by atoms with Gasteiger partial charge in [-0.25, -0.2) is 9.07 Å². The van der Waals surface area contributed by atoms with Crippen molar-refractivity contribution in [1.29, 1.82) is 0 Å². The van der Waals surface area contributed by atoms with Gasteiger partial charge < -0.3 is 4.90 Å². The molecule has 0 radical (unpaired) electrons. The number of carbonyl (C=O) groups excluding carboxylic acids is 1. The summed E-state index contributed by atoms with van der Waals surface area (Å²) in [6.45, 7) is -0.0550. The molecule has 1 aromatic heterocycles. The highest BCUT2D eigenvalue weighted by Gasteiger charge is 2.42. The topological polar surface area (TPSA) is 38.1 Å². The number of carbonyl (C=O) groups is 1. The summed E-state index contributed by atoms with van der Waals surface area (Å²) in [6, 6.07) is 6.96. The number of amides is 1. The standard InChI is InChI=1S/C16H15F4N3O/c17-12-3-5-13(6-4-12)23-9-7-14(21-23)15(24)22-8-1-2-11(10-22)16(18,19)20/h3-7,9,11H,1-2,8,10H2. The van der Waals surface area contributed by atoms with Crippen LogP contribution in [0.1, 0.15) is 23.3 Å². The monoisotopic (exact) mass is 341 g/mol. The molecule has 1 aliphatic rings. The van der Waals surface area contributed by atoms with Gasteiger partial charge in [-0.15, -0.1) is 0 Å². The van der Waals surface area contributed by atoms with Crippen LogP contribution in [0.5, 0.6) is 0 Å². The first kappa shape index (κ1) is 16.5. The molecule has 24 heavy (non-hydrogen) atoms. The van der Waals surface area contributed by atoms with E-state index in [1.807, 2.05) is 0 Å². The molecule has 128 valence electrons. The number of hydrogen-bond donors (Lipinski definition) is 0. The number of hydrogen-bond acceptors (Lipinski definition) is 2. The predicted molar refractivity (Wildman–Crippen MR) is 78.2 cm³/mol. The molecular formula is C16H15F4N3O. The van der Waals surface area contributed by atoms with Crippen molar-refractivity contribution in [2.24, 2.45) is 5.92 Å². The Balaban J connectivity index is 1.75. The van der Waals surface area contributed by atoms with Crippen molar-refractivity contribution in [2.75, 3.05) is 13.1 Å². The maximum absolute atomic E-state index is 12.9.